The Morgan fingerprint density at radius 3 is 0.835 bits per heavy atom. The average molecular weight is 1240 g/mol. The van der Waals surface area contributed by atoms with Crippen molar-refractivity contribution in [3.63, 3.8) is 0 Å². The van der Waals surface area contributed by atoms with Crippen LogP contribution in [0.5, 0.6) is 0 Å². The van der Waals surface area contributed by atoms with Gasteiger partial charge in [0.15, 0.2) is 29.1 Å². The first kappa shape index (κ1) is 57.8. The van der Waals surface area contributed by atoms with E-state index in [-0.39, 0.29) is 0 Å². The van der Waals surface area contributed by atoms with Crippen molar-refractivity contribution >= 4 is 21.8 Å². The standard InChI is InChI=1S/C90H59N7/c1-8-26-60(27-9-1)69-48-49-82-81(59-69)84-80(46-25-47-83(84)97(82)90-95-86(66-38-20-7-21-39-66)93-89(96-90)72-44-23-41-68(51-72)79-57-76(63-32-14-4-15-33-63)54-77(58-79)64-34-16-5-17-35-64)70-42-24-45-73(52-70)88-92-85(65-36-18-6-19-37-65)91-87(94-88)71-43-22-40-67(50-71)78-55-74(61-28-10-2-11-29-61)53-75(56-78)62-30-12-3-13-31-62/h1-59H. The quantitative estimate of drug-likeness (QED) is 0.108. The first-order valence-electron chi connectivity index (χ1n) is 32.6. The van der Waals surface area contributed by atoms with Crippen LogP contribution in [0.2, 0.25) is 0 Å². The van der Waals surface area contributed by atoms with Crippen molar-refractivity contribution in [2.45, 2.75) is 0 Å². The number of hydrogen-bond donors (Lipinski definition) is 0. The molecule has 0 radical (unpaired) electrons. The molecule has 17 aromatic rings. The number of hydrogen-bond acceptors (Lipinski definition) is 6. The van der Waals surface area contributed by atoms with E-state index >= 15 is 0 Å². The maximum atomic E-state index is 5.51. The monoisotopic (exact) mass is 1240 g/mol. The van der Waals surface area contributed by atoms with Crippen LogP contribution in [0.25, 0.3) is 174 Å². The SMILES string of the molecule is c1ccc(-c2cc(-c3ccccc3)cc(-c3cccc(-c4nc(-c5ccccc5)nc(-c5cccc(-c6cccc7c6c6cc(-c8ccccc8)ccc6n7-c6nc(-c7ccccc7)nc(-c7cccc(-c8cc(-c9ccccc9)cc(-c9ccccc9)c8)c7)n6)c5)n4)c3)c2)cc1. The highest BCUT2D eigenvalue weighted by Gasteiger charge is 2.23. The van der Waals surface area contributed by atoms with Crippen molar-refractivity contribution in [2.75, 3.05) is 0 Å². The van der Waals surface area contributed by atoms with Crippen LogP contribution in [0.1, 0.15) is 0 Å². The second-order valence-corrected chi connectivity index (χ2v) is 24.3. The van der Waals surface area contributed by atoms with Crippen molar-refractivity contribution in [3.8, 4) is 152 Å². The maximum Gasteiger partial charge on any atom is 0.238 e. The average Bonchev–Trinajstić information content (AvgIpc) is 1.58. The summed E-state index contributed by atoms with van der Waals surface area (Å²) in [4.78, 5) is 32.1. The number of nitrogens with zero attached hydrogens (tertiary/aromatic N) is 7. The van der Waals surface area contributed by atoms with Gasteiger partial charge < -0.3 is 0 Å². The highest BCUT2D eigenvalue weighted by molar-refractivity contribution is 6.16. The minimum Gasteiger partial charge on any atom is -0.278 e. The maximum absolute atomic E-state index is 5.51. The molecule has 7 heteroatoms. The summed E-state index contributed by atoms with van der Waals surface area (Å²) >= 11 is 0. The Hall–Kier alpha value is -13.1. The summed E-state index contributed by atoms with van der Waals surface area (Å²) < 4.78 is 2.21. The molecule has 0 saturated heterocycles. The molecule has 14 aromatic carbocycles. The van der Waals surface area contributed by atoms with E-state index in [4.69, 9.17) is 29.9 Å². The Morgan fingerprint density at radius 1 is 0.165 bits per heavy atom. The predicted molar refractivity (Wildman–Crippen MR) is 398 cm³/mol. The first-order chi connectivity index (χ1) is 48.0. The number of rotatable bonds is 14. The van der Waals surface area contributed by atoms with E-state index in [0.717, 1.165) is 139 Å². The lowest BCUT2D eigenvalue weighted by Crippen LogP contribution is -2.06. The Balaban J connectivity index is 0.809. The topological polar surface area (TPSA) is 82.3 Å². The molecule has 0 unspecified atom stereocenters. The van der Waals surface area contributed by atoms with Gasteiger partial charge in [0.1, 0.15) is 0 Å². The zero-order chi connectivity index (χ0) is 64.4. The molecule has 0 fully saturated rings. The number of aromatic nitrogens is 7. The van der Waals surface area contributed by atoms with E-state index in [2.05, 4.69) is 326 Å². The van der Waals surface area contributed by atoms with Gasteiger partial charge in [-0.2, -0.15) is 9.97 Å². The molecule has 0 bridgehead atoms. The lowest BCUT2D eigenvalue weighted by molar-refractivity contribution is 0.953. The zero-order valence-electron chi connectivity index (χ0n) is 52.7. The van der Waals surface area contributed by atoms with Gasteiger partial charge in [-0.05, 0) is 162 Å². The van der Waals surface area contributed by atoms with Gasteiger partial charge in [-0.25, -0.2) is 19.9 Å². The van der Waals surface area contributed by atoms with E-state index in [1.165, 1.54) is 0 Å². The molecular weight excluding hydrogens is 1180 g/mol. The van der Waals surface area contributed by atoms with Crippen molar-refractivity contribution in [3.05, 3.63) is 358 Å². The third-order valence-corrected chi connectivity index (χ3v) is 18.1. The number of fused-ring (bicyclic) bond motifs is 3. The minimum atomic E-state index is 0.501. The van der Waals surface area contributed by atoms with E-state index in [0.29, 0.717) is 35.1 Å². The van der Waals surface area contributed by atoms with Crippen LogP contribution >= 0.6 is 0 Å². The third kappa shape index (κ3) is 11.6. The van der Waals surface area contributed by atoms with Crippen molar-refractivity contribution in [1.82, 2.24) is 34.5 Å². The molecule has 3 aromatic heterocycles. The number of benzene rings is 14. The van der Waals surface area contributed by atoms with E-state index in [1.54, 1.807) is 0 Å². The van der Waals surface area contributed by atoms with Crippen LogP contribution in [0.3, 0.4) is 0 Å². The summed E-state index contributed by atoms with van der Waals surface area (Å²) in [5, 5.41) is 2.10. The van der Waals surface area contributed by atoms with E-state index in [1.807, 2.05) is 36.4 Å². The van der Waals surface area contributed by atoms with Gasteiger partial charge in [-0.15, -0.1) is 0 Å². The second kappa shape index (κ2) is 25.4. The molecule has 3 heterocycles. The smallest absolute Gasteiger partial charge is 0.238 e. The Kier molecular flexibility index (Phi) is 15.1. The first-order valence-corrected chi connectivity index (χ1v) is 32.6. The molecule has 0 aliphatic rings. The second-order valence-electron chi connectivity index (χ2n) is 24.3. The van der Waals surface area contributed by atoms with Gasteiger partial charge >= 0.3 is 0 Å². The molecule has 97 heavy (non-hydrogen) atoms. The molecule has 17 rings (SSSR count). The van der Waals surface area contributed by atoms with Crippen LogP contribution in [0.15, 0.2) is 358 Å². The molecule has 7 nitrogen and oxygen atoms in total. The fraction of sp³-hybridized carbons (Fsp3) is 0. The van der Waals surface area contributed by atoms with Gasteiger partial charge in [-0.3, -0.25) is 4.57 Å². The lowest BCUT2D eigenvalue weighted by atomic mass is 9.93. The van der Waals surface area contributed by atoms with Crippen LogP contribution < -0.4 is 0 Å². The van der Waals surface area contributed by atoms with Crippen LogP contribution in [-0.2, 0) is 0 Å². The molecule has 0 saturated carbocycles. The summed E-state index contributed by atoms with van der Waals surface area (Å²) in [5.41, 5.74) is 23.9. The van der Waals surface area contributed by atoms with Gasteiger partial charge in [0.05, 0.1) is 11.0 Å². The molecule has 0 atom stereocenters. The molecule has 0 aliphatic carbocycles. The molecule has 0 aliphatic heterocycles. The van der Waals surface area contributed by atoms with Gasteiger partial charge in [0.2, 0.25) is 5.95 Å². The van der Waals surface area contributed by atoms with Crippen LogP contribution in [0.4, 0.5) is 0 Å². The molecule has 0 N–H and O–H groups in total. The van der Waals surface area contributed by atoms with Crippen molar-refractivity contribution < 1.29 is 0 Å². The minimum absolute atomic E-state index is 0.501. The summed E-state index contributed by atoms with van der Waals surface area (Å²) in [6, 6.07) is 126. The highest BCUT2D eigenvalue weighted by Crippen LogP contribution is 2.43. The van der Waals surface area contributed by atoms with Gasteiger partial charge in [0, 0.05) is 38.6 Å². The van der Waals surface area contributed by atoms with E-state index in [9.17, 15) is 0 Å². The molecule has 0 spiro atoms. The summed E-state index contributed by atoms with van der Waals surface area (Å²) in [5.74, 6) is 3.34. The normalized spacial score (nSPS) is 11.3. The highest BCUT2D eigenvalue weighted by atomic mass is 15.2. The Morgan fingerprint density at radius 2 is 0.433 bits per heavy atom. The van der Waals surface area contributed by atoms with Crippen molar-refractivity contribution in [1.29, 1.82) is 0 Å². The fourth-order valence-electron chi connectivity index (χ4n) is 13.3. The van der Waals surface area contributed by atoms with Gasteiger partial charge in [-0.1, -0.05) is 285 Å². The fourth-order valence-corrected chi connectivity index (χ4v) is 13.3. The summed E-state index contributed by atoms with van der Waals surface area (Å²) in [6.45, 7) is 0. The molecule has 454 valence electrons. The van der Waals surface area contributed by atoms with E-state index < -0.39 is 0 Å². The Labute approximate surface area is 562 Å². The largest absolute Gasteiger partial charge is 0.278 e. The summed E-state index contributed by atoms with van der Waals surface area (Å²) in [7, 11) is 0. The van der Waals surface area contributed by atoms with Crippen LogP contribution in [0, 0.1) is 0 Å². The molecular formula is C90H59N7. The third-order valence-electron chi connectivity index (χ3n) is 18.1. The Bertz CT molecular complexity index is 5610. The lowest BCUT2D eigenvalue weighted by Gasteiger charge is -2.13. The molecule has 0 amide bonds. The summed E-state index contributed by atoms with van der Waals surface area (Å²) in [6.07, 6.45) is 0. The predicted octanol–water partition coefficient (Wildman–Crippen LogP) is 22.8. The van der Waals surface area contributed by atoms with Crippen molar-refractivity contribution in [2.24, 2.45) is 0 Å². The van der Waals surface area contributed by atoms with Gasteiger partial charge in [0.25, 0.3) is 0 Å². The zero-order valence-corrected chi connectivity index (χ0v) is 52.7. The van der Waals surface area contributed by atoms with Crippen LogP contribution in [-0.4, -0.2) is 34.5 Å².